The Balaban J connectivity index is 1.67. The molecule has 0 aromatic heterocycles. The molecule has 2 aromatic rings. The first-order chi connectivity index (χ1) is 13.6. The summed E-state index contributed by atoms with van der Waals surface area (Å²) in [5, 5.41) is 3.78. The SMILES string of the molecule is CCOc1cc(CNCC2CCCO2)c(Br)cc1OCc1ccc(F)cc1Cl. The van der Waals surface area contributed by atoms with Gasteiger partial charge in [-0.1, -0.05) is 33.6 Å². The zero-order valence-electron chi connectivity index (χ0n) is 15.8. The number of hydrogen-bond acceptors (Lipinski definition) is 4. The molecule has 1 unspecified atom stereocenters. The van der Waals surface area contributed by atoms with E-state index in [9.17, 15) is 4.39 Å². The first kappa shape index (κ1) is 21.4. The Kier molecular flexibility index (Phi) is 7.97. The normalized spacial score (nSPS) is 16.4. The van der Waals surface area contributed by atoms with Crippen LogP contribution in [0.4, 0.5) is 4.39 Å². The summed E-state index contributed by atoms with van der Waals surface area (Å²) >= 11 is 9.70. The first-order valence-electron chi connectivity index (χ1n) is 9.41. The minimum absolute atomic E-state index is 0.224. The third-order valence-electron chi connectivity index (χ3n) is 4.52. The molecular weight excluding hydrogens is 449 g/mol. The second kappa shape index (κ2) is 10.4. The van der Waals surface area contributed by atoms with Gasteiger partial charge in [-0.3, -0.25) is 0 Å². The van der Waals surface area contributed by atoms with Crippen molar-refractivity contribution in [3.63, 3.8) is 0 Å². The summed E-state index contributed by atoms with van der Waals surface area (Å²) < 4.78 is 31.4. The maximum absolute atomic E-state index is 13.2. The van der Waals surface area contributed by atoms with Gasteiger partial charge in [0.1, 0.15) is 12.4 Å². The fourth-order valence-corrected chi connectivity index (χ4v) is 3.75. The zero-order chi connectivity index (χ0) is 19.9. The third-order valence-corrected chi connectivity index (χ3v) is 5.61. The van der Waals surface area contributed by atoms with Crippen molar-refractivity contribution in [3.05, 3.63) is 56.8 Å². The van der Waals surface area contributed by atoms with Crippen LogP contribution < -0.4 is 14.8 Å². The van der Waals surface area contributed by atoms with Crippen molar-refractivity contribution in [2.45, 2.75) is 39.0 Å². The van der Waals surface area contributed by atoms with Gasteiger partial charge in [0.05, 0.1) is 17.7 Å². The standard InChI is InChI=1S/C21H24BrClFNO3/c1-2-26-20-8-15(11-25-12-17-4-3-7-27-17)18(22)10-21(20)28-13-14-5-6-16(24)9-19(14)23/h5-6,8-10,17,25H,2-4,7,11-13H2,1H3. The Morgan fingerprint density at radius 1 is 1.21 bits per heavy atom. The van der Waals surface area contributed by atoms with Gasteiger partial charge in [-0.2, -0.15) is 0 Å². The number of benzene rings is 2. The smallest absolute Gasteiger partial charge is 0.162 e. The fraction of sp³-hybridized carbons (Fsp3) is 0.429. The highest BCUT2D eigenvalue weighted by Gasteiger charge is 2.16. The van der Waals surface area contributed by atoms with Crippen LogP contribution in [-0.2, 0) is 17.9 Å². The van der Waals surface area contributed by atoms with Gasteiger partial charge in [-0.05, 0) is 49.6 Å². The van der Waals surface area contributed by atoms with E-state index in [1.54, 1.807) is 6.07 Å². The lowest BCUT2D eigenvalue weighted by atomic mass is 10.2. The monoisotopic (exact) mass is 471 g/mol. The van der Waals surface area contributed by atoms with Gasteiger partial charge in [0, 0.05) is 29.7 Å². The first-order valence-corrected chi connectivity index (χ1v) is 10.6. The van der Waals surface area contributed by atoms with Gasteiger partial charge in [-0.25, -0.2) is 4.39 Å². The van der Waals surface area contributed by atoms with Crippen LogP contribution >= 0.6 is 27.5 Å². The lowest BCUT2D eigenvalue weighted by Gasteiger charge is -2.16. The number of hydrogen-bond donors (Lipinski definition) is 1. The molecule has 2 aromatic carbocycles. The molecular formula is C21H24BrClFNO3. The third kappa shape index (κ3) is 5.83. The summed E-state index contributed by atoms with van der Waals surface area (Å²) in [7, 11) is 0. The Bertz CT molecular complexity index is 799. The maximum atomic E-state index is 13.2. The van der Waals surface area contributed by atoms with E-state index in [1.807, 2.05) is 19.1 Å². The molecule has 4 nitrogen and oxygen atoms in total. The van der Waals surface area contributed by atoms with Crippen LogP contribution in [0.2, 0.25) is 5.02 Å². The van der Waals surface area contributed by atoms with Gasteiger partial charge in [-0.15, -0.1) is 0 Å². The molecule has 1 fully saturated rings. The number of ether oxygens (including phenoxy) is 3. The molecule has 1 heterocycles. The lowest BCUT2D eigenvalue weighted by Crippen LogP contribution is -2.25. The molecule has 0 aliphatic carbocycles. The topological polar surface area (TPSA) is 39.7 Å². The lowest BCUT2D eigenvalue weighted by molar-refractivity contribution is 0.110. The van der Waals surface area contributed by atoms with Crippen molar-refractivity contribution in [1.82, 2.24) is 5.32 Å². The Labute approximate surface area is 178 Å². The quantitative estimate of drug-likeness (QED) is 0.524. The Morgan fingerprint density at radius 2 is 2.04 bits per heavy atom. The Hall–Kier alpha value is -1.34. The highest BCUT2D eigenvalue weighted by atomic mass is 79.9. The molecule has 3 rings (SSSR count). The van der Waals surface area contributed by atoms with E-state index < -0.39 is 0 Å². The minimum Gasteiger partial charge on any atom is -0.490 e. The van der Waals surface area contributed by atoms with Crippen LogP contribution in [0.5, 0.6) is 11.5 Å². The second-order valence-corrected chi connectivity index (χ2v) is 7.88. The summed E-state index contributed by atoms with van der Waals surface area (Å²) in [6, 6.07) is 8.13. The summed E-state index contributed by atoms with van der Waals surface area (Å²) in [5.41, 5.74) is 1.79. The highest BCUT2D eigenvalue weighted by Crippen LogP contribution is 2.35. The van der Waals surface area contributed by atoms with Crippen molar-refractivity contribution in [1.29, 1.82) is 0 Å². The zero-order valence-corrected chi connectivity index (χ0v) is 18.1. The fourth-order valence-electron chi connectivity index (χ4n) is 3.06. The van der Waals surface area contributed by atoms with Crippen LogP contribution in [0.15, 0.2) is 34.8 Å². The average Bonchev–Trinajstić information content (AvgIpc) is 3.17. The van der Waals surface area contributed by atoms with E-state index >= 15 is 0 Å². The van der Waals surface area contributed by atoms with E-state index in [-0.39, 0.29) is 12.4 Å². The largest absolute Gasteiger partial charge is 0.490 e. The molecule has 1 aliphatic rings. The van der Waals surface area contributed by atoms with Gasteiger partial charge >= 0.3 is 0 Å². The molecule has 1 aliphatic heterocycles. The molecule has 1 saturated heterocycles. The van der Waals surface area contributed by atoms with Crippen LogP contribution in [0, 0.1) is 5.82 Å². The highest BCUT2D eigenvalue weighted by molar-refractivity contribution is 9.10. The van der Waals surface area contributed by atoms with Crippen molar-refractivity contribution >= 4 is 27.5 Å². The summed E-state index contributed by atoms with van der Waals surface area (Å²) in [6.45, 7) is 5.06. The van der Waals surface area contributed by atoms with Crippen LogP contribution in [0.3, 0.4) is 0 Å². The van der Waals surface area contributed by atoms with Gasteiger partial charge in [0.15, 0.2) is 11.5 Å². The molecule has 0 saturated carbocycles. The Morgan fingerprint density at radius 3 is 2.75 bits per heavy atom. The van der Waals surface area contributed by atoms with Gasteiger partial charge in [0.2, 0.25) is 0 Å². The van der Waals surface area contributed by atoms with E-state index in [0.717, 1.165) is 36.0 Å². The molecule has 0 radical (unpaired) electrons. The van der Waals surface area contributed by atoms with E-state index in [4.69, 9.17) is 25.8 Å². The molecule has 28 heavy (non-hydrogen) atoms. The van der Waals surface area contributed by atoms with E-state index in [2.05, 4.69) is 21.2 Å². The molecule has 152 valence electrons. The number of halogens is 3. The molecule has 1 N–H and O–H groups in total. The summed E-state index contributed by atoms with van der Waals surface area (Å²) in [6.07, 6.45) is 2.54. The molecule has 0 bridgehead atoms. The number of rotatable bonds is 9. The summed E-state index contributed by atoms with van der Waals surface area (Å²) in [5.74, 6) is 0.904. The van der Waals surface area contributed by atoms with E-state index in [1.165, 1.54) is 12.1 Å². The second-order valence-electron chi connectivity index (χ2n) is 6.61. The summed E-state index contributed by atoms with van der Waals surface area (Å²) in [4.78, 5) is 0. The minimum atomic E-state index is -0.369. The number of nitrogens with one attached hydrogen (secondary N) is 1. The maximum Gasteiger partial charge on any atom is 0.162 e. The van der Waals surface area contributed by atoms with Gasteiger partial charge < -0.3 is 19.5 Å². The average molecular weight is 473 g/mol. The predicted molar refractivity (Wildman–Crippen MR) is 112 cm³/mol. The van der Waals surface area contributed by atoms with Crippen molar-refractivity contribution < 1.29 is 18.6 Å². The van der Waals surface area contributed by atoms with Crippen LogP contribution in [0.25, 0.3) is 0 Å². The molecule has 7 heteroatoms. The van der Waals surface area contributed by atoms with Crippen molar-refractivity contribution in [2.75, 3.05) is 19.8 Å². The molecule has 0 spiro atoms. The van der Waals surface area contributed by atoms with E-state index in [0.29, 0.717) is 41.3 Å². The predicted octanol–water partition coefficient (Wildman–Crippen LogP) is 5.49. The molecule has 0 amide bonds. The van der Waals surface area contributed by atoms with Crippen LogP contribution in [-0.4, -0.2) is 25.9 Å². The van der Waals surface area contributed by atoms with Crippen molar-refractivity contribution in [3.8, 4) is 11.5 Å². The van der Waals surface area contributed by atoms with Gasteiger partial charge in [0.25, 0.3) is 0 Å². The van der Waals surface area contributed by atoms with Crippen LogP contribution in [0.1, 0.15) is 30.9 Å². The molecule has 1 atom stereocenters. The van der Waals surface area contributed by atoms with Crippen molar-refractivity contribution in [2.24, 2.45) is 0 Å².